The van der Waals surface area contributed by atoms with Crippen LogP contribution in [0.2, 0.25) is 0 Å². The summed E-state index contributed by atoms with van der Waals surface area (Å²) < 4.78 is 0. The van der Waals surface area contributed by atoms with Crippen molar-refractivity contribution in [3.8, 4) is 0 Å². The molecule has 0 saturated heterocycles. The number of aromatic nitrogens is 1. The number of nitrogens with two attached hydrogens (primary N) is 1. The molecule has 0 spiro atoms. The van der Waals surface area contributed by atoms with Gasteiger partial charge in [0.25, 0.3) is 0 Å². The maximum absolute atomic E-state index is 5.80. The highest BCUT2D eigenvalue weighted by atomic mass is 14.6. The lowest BCUT2D eigenvalue weighted by Gasteiger charge is -2.37. The average molecular weight is 409 g/mol. The van der Waals surface area contributed by atoms with E-state index >= 15 is 0 Å². The summed E-state index contributed by atoms with van der Waals surface area (Å²) in [5.41, 5.74) is 11.2. The molecule has 1 saturated carbocycles. The van der Waals surface area contributed by atoms with E-state index in [1.807, 2.05) is 26.1 Å². The molecule has 1 aromatic heterocycles. The third-order valence-electron chi connectivity index (χ3n) is 7.00. The van der Waals surface area contributed by atoms with Crippen LogP contribution >= 0.6 is 0 Å². The zero-order chi connectivity index (χ0) is 21.9. The summed E-state index contributed by atoms with van der Waals surface area (Å²) in [5.74, 6) is 2.92. The molecule has 1 aromatic carbocycles. The van der Waals surface area contributed by atoms with Crippen molar-refractivity contribution in [2.75, 3.05) is 6.54 Å². The van der Waals surface area contributed by atoms with E-state index in [2.05, 4.69) is 61.9 Å². The normalized spacial score (nSPS) is 20.6. The molecule has 1 unspecified atom stereocenters. The van der Waals surface area contributed by atoms with Crippen molar-refractivity contribution < 1.29 is 1.43 Å². The first-order valence-electron chi connectivity index (χ1n) is 11.9. The molecule has 1 aliphatic carbocycles. The van der Waals surface area contributed by atoms with Crippen molar-refractivity contribution in [2.24, 2.45) is 23.5 Å². The summed E-state index contributed by atoms with van der Waals surface area (Å²) in [5, 5.41) is 0. The molecule has 2 nitrogen and oxygen atoms in total. The number of nitrogens with zero attached hydrogens (tertiary/aromatic N) is 1. The molecule has 1 heterocycles. The van der Waals surface area contributed by atoms with E-state index in [-0.39, 0.29) is 1.43 Å². The summed E-state index contributed by atoms with van der Waals surface area (Å²) in [7, 11) is 0. The van der Waals surface area contributed by atoms with Gasteiger partial charge in [0, 0.05) is 13.8 Å². The first-order chi connectivity index (χ1) is 14.6. The minimum Gasteiger partial charge on any atom is -0.330 e. The van der Waals surface area contributed by atoms with Crippen molar-refractivity contribution in [1.29, 1.82) is 0 Å². The fourth-order valence-corrected chi connectivity index (χ4v) is 5.00. The molecule has 0 radical (unpaired) electrons. The average Bonchev–Trinajstić information content (AvgIpc) is 2.80. The van der Waals surface area contributed by atoms with Crippen LogP contribution in [-0.4, -0.2) is 11.5 Å². The number of pyridine rings is 1. The molecule has 0 bridgehead atoms. The van der Waals surface area contributed by atoms with Gasteiger partial charge in [0.1, 0.15) is 0 Å². The van der Waals surface area contributed by atoms with E-state index in [1.165, 1.54) is 47.9 Å². The standard InChI is InChI=1S/C26H36N2.C2H6.H2/c1-4-21-5-7-23(8-6-21)26(17-25-18-28-16-14-20(25)3)24-11-9-22(10-12-24)19(2)13-15-27;1-2;/h4-8,14,16,18-19,22,24,26H,1,9-13,15,17,27H2,2-3H3;1-2H3;1H/t19-,22?,24?,26?;;/m1../s1. The highest BCUT2D eigenvalue weighted by molar-refractivity contribution is 5.47. The summed E-state index contributed by atoms with van der Waals surface area (Å²) >= 11 is 0. The molecule has 166 valence electrons. The van der Waals surface area contributed by atoms with Gasteiger partial charge in [-0.3, -0.25) is 4.98 Å². The maximum Gasteiger partial charge on any atom is 0.0302 e. The Hall–Kier alpha value is -1.93. The third-order valence-corrected chi connectivity index (χ3v) is 7.00. The van der Waals surface area contributed by atoms with Crippen LogP contribution in [0.25, 0.3) is 6.08 Å². The second-order valence-corrected chi connectivity index (χ2v) is 8.71. The van der Waals surface area contributed by atoms with Crippen LogP contribution in [0.1, 0.15) is 82.5 Å². The second-order valence-electron chi connectivity index (χ2n) is 8.71. The van der Waals surface area contributed by atoms with Crippen LogP contribution < -0.4 is 5.73 Å². The Balaban J connectivity index is 0.00000156. The van der Waals surface area contributed by atoms with Gasteiger partial charge in [-0.15, -0.1) is 0 Å². The first-order valence-corrected chi connectivity index (χ1v) is 11.9. The number of rotatable bonds is 8. The van der Waals surface area contributed by atoms with Crippen molar-refractivity contribution in [1.82, 2.24) is 4.98 Å². The highest BCUT2D eigenvalue weighted by Crippen LogP contribution is 2.42. The van der Waals surface area contributed by atoms with Gasteiger partial charge in [0.05, 0.1) is 0 Å². The number of aryl methyl sites for hydroxylation is 1. The fourth-order valence-electron chi connectivity index (χ4n) is 5.00. The van der Waals surface area contributed by atoms with Crippen molar-refractivity contribution in [3.05, 3.63) is 71.6 Å². The van der Waals surface area contributed by atoms with Gasteiger partial charge in [0.15, 0.2) is 0 Å². The summed E-state index contributed by atoms with van der Waals surface area (Å²) in [6.45, 7) is 13.3. The Morgan fingerprint density at radius 3 is 2.30 bits per heavy atom. The zero-order valence-corrected chi connectivity index (χ0v) is 19.6. The molecular formula is C28H44N2. The minimum absolute atomic E-state index is 0. The van der Waals surface area contributed by atoms with Crippen molar-refractivity contribution >= 4 is 6.08 Å². The topological polar surface area (TPSA) is 38.9 Å². The maximum atomic E-state index is 5.80. The molecule has 3 rings (SSSR count). The molecule has 0 amide bonds. The Morgan fingerprint density at radius 2 is 1.73 bits per heavy atom. The number of hydrogen-bond donors (Lipinski definition) is 1. The fraction of sp³-hybridized carbons (Fsp3) is 0.536. The summed E-state index contributed by atoms with van der Waals surface area (Å²) in [4.78, 5) is 4.40. The van der Waals surface area contributed by atoms with Crippen LogP contribution in [0.3, 0.4) is 0 Å². The molecule has 1 fully saturated rings. The van der Waals surface area contributed by atoms with Crippen LogP contribution in [0, 0.1) is 24.7 Å². The van der Waals surface area contributed by atoms with Crippen molar-refractivity contribution in [3.63, 3.8) is 0 Å². The van der Waals surface area contributed by atoms with Gasteiger partial charge in [-0.05, 0) is 104 Å². The highest BCUT2D eigenvalue weighted by Gasteiger charge is 2.30. The van der Waals surface area contributed by atoms with Gasteiger partial charge in [-0.2, -0.15) is 0 Å². The van der Waals surface area contributed by atoms with Gasteiger partial charge in [-0.1, -0.05) is 57.7 Å². The monoisotopic (exact) mass is 408 g/mol. The second kappa shape index (κ2) is 12.7. The van der Waals surface area contributed by atoms with Gasteiger partial charge in [0.2, 0.25) is 0 Å². The largest absolute Gasteiger partial charge is 0.330 e. The summed E-state index contributed by atoms with van der Waals surface area (Å²) in [6, 6.07) is 11.2. The quantitative estimate of drug-likeness (QED) is 0.493. The van der Waals surface area contributed by atoms with Crippen LogP contribution in [0.4, 0.5) is 0 Å². The van der Waals surface area contributed by atoms with E-state index in [0.717, 1.165) is 37.1 Å². The Kier molecular flexibility index (Phi) is 10.3. The predicted molar refractivity (Wildman–Crippen MR) is 134 cm³/mol. The Morgan fingerprint density at radius 1 is 1.10 bits per heavy atom. The van der Waals surface area contributed by atoms with Gasteiger partial charge < -0.3 is 5.73 Å². The van der Waals surface area contributed by atoms with Gasteiger partial charge in [-0.25, -0.2) is 0 Å². The van der Waals surface area contributed by atoms with E-state index in [0.29, 0.717) is 5.92 Å². The Bertz CT molecular complexity index is 748. The Labute approximate surface area is 186 Å². The molecule has 2 atom stereocenters. The third kappa shape index (κ3) is 6.54. The van der Waals surface area contributed by atoms with E-state index in [9.17, 15) is 0 Å². The minimum atomic E-state index is 0. The first kappa shape index (κ1) is 24.3. The molecule has 2 N–H and O–H groups in total. The lowest BCUT2D eigenvalue weighted by atomic mass is 9.69. The van der Waals surface area contributed by atoms with Crippen LogP contribution in [0.15, 0.2) is 49.3 Å². The van der Waals surface area contributed by atoms with E-state index < -0.39 is 0 Å². The molecule has 1 aliphatic rings. The molecule has 0 aliphatic heterocycles. The molecular weight excluding hydrogens is 364 g/mol. The van der Waals surface area contributed by atoms with E-state index in [1.54, 1.807) is 0 Å². The van der Waals surface area contributed by atoms with Crippen molar-refractivity contribution in [2.45, 2.75) is 72.1 Å². The SMILES string of the molecule is C=Cc1ccc(C(Cc2cnccc2C)C2CCC([C@H](C)CCN)CC2)cc1.CC.[HH]. The van der Waals surface area contributed by atoms with Crippen LogP contribution in [0.5, 0.6) is 0 Å². The predicted octanol–water partition coefficient (Wildman–Crippen LogP) is 7.42. The summed E-state index contributed by atoms with van der Waals surface area (Å²) in [6.07, 6.45) is 13.5. The smallest absolute Gasteiger partial charge is 0.0302 e. The lowest BCUT2D eigenvalue weighted by molar-refractivity contribution is 0.189. The molecule has 2 heteroatoms. The molecule has 30 heavy (non-hydrogen) atoms. The van der Waals surface area contributed by atoms with Gasteiger partial charge >= 0.3 is 0 Å². The lowest BCUT2D eigenvalue weighted by Crippen LogP contribution is -2.26. The van der Waals surface area contributed by atoms with E-state index in [4.69, 9.17) is 5.73 Å². The number of benzene rings is 1. The molecule has 2 aromatic rings. The zero-order valence-electron chi connectivity index (χ0n) is 19.6. The van der Waals surface area contributed by atoms with Crippen LogP contribution in [-0.2, 0) is 6.42 Å². The number of hydrogen-bond acceptors (Lipinski definition) is 2.